The molecule has 0 aromatic heterocycles. The molecule has 0 spiro atoms. The van der Waals surface area contributed by atoms with Crippen molar-refractivity contribution < 1.29 is 9.84 Å². The second kappa shape index (κ2) is 6.91. The zero-order chi connectivity index (χ0) is 14.5. The summed E-state index contributed by atoms with van der Waals surface area (Å²) < 4.78 is 5.42. The van der Waals surface area contributed by atoms with Gasteiger partial charge < -0.3 is 9.84 Å². The van der Waals surface area contributed by atoms with Gasteiger partial charge in [0.1, 0.15) is 0 Å². The first kappa shape index (κ1) is 15.0. The lowest BCUT2D eigenvalue weighted by atomic mass is 9.85. The second-order valence-electron chi connectivity index (χ2n) is 6.59. The summed E-state index contributed by atoms with van der Waals surface area (Å²) in [5, 5.41) is 11.1. The van der Waals surface area contributed by atoms with Gasteiger partial charge in [-0.25, -0.2) is 0 Å². The van der Waals surface area contributed by atoms with E-state index in [2.05, 4.69) is 35.2 Å². The van der Waals surface area contributed by atoms with Crippen LogP contribution in [-0.4, -0.2) is 48.5 Å². The minimum Gasteiger partial charge on any atom is -0.390 e. The number of benzene rings is 1. The van der Waals surface area contributed by atoms with Gasteiger partial charge in [-0.3, -0.25) is 4.90 Å². The molecule has 0 amide bonds. The summed E-state index contributed by atoms with van der Waals surface area (Å²) in [5.74, 6) is 0.430. The molecule has 2 atom stereocenters. The van der Waals surface area contributed by atoms with Crippen molar-refractivity contribution in [1.29, 1.82) is 0 Å². The molecular weight excluding hydrogens is 262 g/mol. The largest absolute Gasteiger partial charge is 0.390 e. The maximum absolute atomic E-state index is 11.1. The maximum atomic E-state index is 11.1. The highest BCUT2D eigenvalue weighted by Crippen LogP contribution is 2.39. The van der Waals surface area contributed by atoms with Crippen LogP contribution in [0.4, 0.5) is 0 Å². The topological polar surface area (TPSA) is 32.7 Å². The van der Waals surface area contributed by atoms with Crippen LogP contribution in [0, 0.1) is 5.92 Å². The number of hydrogen-bond donors (Lipinski definition) is 1. The lowest BCUT2D eigenvalue weighted by Crippen LogP contribution is -2.45. The second-order valence-corrected chi connectivity index (χ2v) is 6.59. The molecule has 3 heteroatoms. The van der Waals surface area contributed by atoms with Gasteiger partial charge in [-0.15, -0.1) is 0 Å². The number of aryl methyl sites for hydroxylation is 1. The van der Waals surface area contributed by atoms with Crippen LogP contribution in [0.25, 0.3) is 0 Å². The van der Waals surface area contributed by atoms with Crippen LogP contribution in [0.2, 0.25) is 0 Å². The van der Waals surface area contributed by atoms with Crippen molar-refractivity contribution in [3.05, 3.63) is 35.9 Å². The SMILES string of the molecule is OC1(CCc2ccccc2)CCCC1CN1CCOCC1. The normalized spacial score (nSPS) is 30.6. The zero-order valence-corrected chi connectivity index (χ0v) is 12.8. The number of nitrogens with zero attached hydrogens (tertiary/aromatic N) is 1. The quantitative estimate of drug-likeness (QED) is 0.904. The summed E-state index contributed by atoms with van der Waals surface area (Å²) in [7, 11) is 0. The molecule has 0 bridgehead atoms. The van der Waals surface area contributed by atoms with Crippen LogP contribution in [0.15, 0.2) is 30.3 Å². The molecule has 2 aliphatic rings. The van der Waals surface area contributed by atoms with Gasteiger partial charge in [0.05, 0.1) is 18.8 Å². The van der Waals surface area contributed by atoms with Gasteiger partial charge in [-0.1, -0.05) is 36.8 Å². The summed E-state index contributed by atoms with van der Waals surface area (Å²) in [6.45, 7) is 4.76. The Morgan fingerprint density at radius 2 is 1.95 bits per heavy atom. The number of morpholine rings is 1. The molecule has 1 heterocycles. The van der Waals surface area contributed by atoms with E-state index in [-0.39, 0.29) is 0 Å². The molecule has 1 aliphatic carbocycles. The average molecular weight is 289 g/mol. The van der Waals surface area contributed by atoms with E-state index < -0.39 is 5.60 Å². The Labute approximate surface area is 127 Å². The fourth-order valence-corrected chi connectivity index (χ4v) is 3.82. The van der Waals surface area contributed by atoms with Crippen LogP contribution in [0.1, 0.15) is 31.2 Å². The summed E-state index contributed by atoms with van der Waals surface area (Å²) in [5.41, 5.74) is 0.872. The van der Waals surface area contributed by atoms with Gasteiger partial charge in [0.15, 0.2) is 0 Å². The van der Waals surface area contributed by atoms with Crippen LogP contribution in [0.5, 0.6) is 0 Å². The molecular formula is C18H27NO2. The summed E-state index contributed by atoms with van der Waals surface area (Å²) in [4.78, 5) is 2.47. The Bertz CT molecular complexity index is 430. The molecule has 1 aliphatic heterocycles. The van der Waals surface area contributed by atoms with E-state index in [1.807, 2.05) is 0 Å². The van der Waals surface area contributed by atoms with E-state index in [1.54, 1.807) is 0 Å². The molecule has 1 aromatic rings. The molecule has 1 N–H and O–H groups in total. The molecule has 3 nitrogen and oxygen atoms in total. The first-order valence-corrected chi connectivity index (χ1v) is 8.33. The van der Waals surface area contributed by atoms with Crippen molar-refractivity contribution in [1.82, 2.24) is 4.90 Å². The minimum atomic E-state index is -0.464. The van der Waals surface area contributed by atoms with Crippen LogP contribution >= 0.6 is 0 Å². The fraction of sp³-hybridized carbons (Fsp3) is 0.667. The Hall–Kier alpha value is -0.900. The first-order valence-electron chi connectivity index (χ1n) is 8.33. The third-order valence-electron chi connectivity index (χ3n) is 5.19. The van der Waals surface area contributed by atoms with Crippen molar-refractivity contribution in [2.45, 2.75) is 37.7 Å². The molecule has 2 unspecified atom stereocenters. The van der Waals surface area contributed by atoms with Gasteiger partial charge in [-0.05, 0) is 31.2 Å². The third-order valence-corrected chi connectivity index (χ3v) is 5.19. The lowest BCUT2D eigenvalue weighted by molar-refractivity contribution is -0.0335. The van der Waals surface area contributed by atoms with Gasteiger partial charge in [0.25, 0.3) is 0 Å². The maximum Gasteiger partial charge on any atom is 0.0691 e. The standard InChI is InChI=1S/C18H27NO2/c20-18(10-8-16-5-2-1-3-6-16)9-4-7-17(18)15-19-11-13-21-14-12-19/h1-3,5-6,17,20H,4,7-15H2. The van der Waals surface area contributed by atoms with Crippen LogP contribution in [-0.2, 0) is 11.2 Å². The predicted octanol–water partition coefficient (Wildman–Crippen LogP) is 2.48. The van der Waals surface area contributed by atoms with Crippen molar-refractivity contribution >= 4 is 0 Å². The van der Waals surface area contributed by atoms with E-state index in [0.717, 1.165) is 52.1 Å². The zero-order valence-electron chi connectivity index (χ0n) is 12.8. The molecule has 21 heavy (non-hydrogen) atoms. The van der Waals surface area contributed by atoms with Gasteiger partial charge >= 0.3 is 0 Å². The van der Waals surface area contributed by atoms with Gasteiger partial charge in [0.2, 0.25) is 0 Å². The van der Waals surface area contributed by atoms with Crippen molar-refractivity contribution in [3.8, 4) is 0 Å². The molecule has 116 valence electrons. The molecule has 1 saturated carbocycles. The van der Waals surface area contributed by atoms with Gasteiger partial charge in [0, 0.05) is 25.6 Å². The number of aliphatic hydroxyl groups is 1. The first-order chi connectivity index (χ1) is 10.3. The molecule has 1 aromatic carbocycles. The lowest BCUT2D eigenvalue weighted by Gasteiger charge is -2.36. The van der Waals surface area contributed by atoms with Crippen molar-refractivity contribution in [2.24, 2.45) is 5.92 Å². The highest BCUT2D eigenvalue weighted by Gasteiger charge is 2.41. The Balaban J connectivity index is 1.56. The van der Waals surface area contributed by atoms with Gasteiger partial charge in [-0.2, -0.15) is 0 Å². The Kier molecular flexibility index (Phi) is 4.94. The molecule has 1 saturated heterocycles. The molecule has 2 fully saturated rings. The van der Waals surface area contributed by atoms with E-state index in [9.17, 15) is 5.11 Å². The van der Waals surface area contributed by atoms with Crippen LogP contribution < -0.4 is 0 Å². The van der Waals surface area contributed by atoms with E-state index >= 15 is 0 Å². The minimum absolute atomic E-state index is 0.430. The fourth-order valence-electron chi connectivity index (χ4n) is 3.82. The summed E-state index contributed by atoms with van der Waals surface area (Å²) in [6.07, 6.45) is 5.18. The summed E-state index contributed by atoms with van der Waals surface area (Å²) >= 11 is 0. The number of ether oxygens (including phenoxy) is 1. The van der Waals surface area contributed by atoms with E-state index in [1.165, 1.54) is 18.4 Å². The monoisotopic (exact) mass is 289 g/mol. The summed E-state index contributed by atoms with van der Waals surface area (Å²) in [6, 6.07) is 10.5. The number of rotatable bonds is 5. The number of hydrogen-bond acceptors (Lipinski definition) is 3. The van der Waals surface area contributed by atoms with E-state index in [0.29, 0.717) is 5.92 Å². The predicted molar refractivity (Wildman–Crippen MR) is 84.3 cm³/mol. The smallest absolute Gasteiger partial charge is 0.0691 e. The third kappa shape index (κ3) is 3.85. The highest BCUT2D eigenvalue weighted by molar-refractivity contribution is 5.15. The Morgan fingerprint density at radius 1 is 1.19 bits per heavy atom. The van der Waals surface area contributed by atoms with E-state index in [4.69, 9.17) is 4.74 Å². The van der Waals surface area contributed by atoms with Crippen LogP contribution in [0.3, 0.4) is 0 Å². The Morgan fingerprint density at radius 3 is 2.71 bits per heavy atom. The average Bonchev–Trinajstić information content (AvgIpc) is 2.89. The highest BCUT2D eigenvalue weighted by atomic mass is 16.5. The van der Waals surface area contributed by atoms with Crippen molar-refractivity contribution in [3.63, 3.8) is 0 Å². The molecule has 3 rings (SSSR count). The molecule has 0 radical (unpaired) electrons. The van der Waals surface area contributed by atoms with Crippen molar-refractivity contribution in [2.75, 3.05) is 32.8 Å².